The van der Waals surface area contributed by atoms with E-state index in [9.17, 15) is 0 Å². The SMILES string of the molecule is C/C=C/N1CCCCC1.CC. The van der Waals surface area contributed by atoms with Crippen LogP contribution in [0.2, 0.25) is 0 Å². The van der Waals surface area contributed by atoms with Crippen molar-refractivity contribution in [2.75, 3.05) is 13.1 Å². The molecule has 11 heavy (non-hydrogen) atoms. The molecule has 0 aliphatic carbocycles. The van der Waals surface area contributed by atoms with Crippen molar-refractivity contribution in [3.63, 3.8) is 0 Å². The van der Waals surface area contributed by atoms with Crippen LogP contribution in [-0.2, 0) is 0 Å². The van der Waals surface area contributed by atoms with Crippen LogP contribution < -0.4 is 0 Å². The third-order valence-electron chi connectivity index (χ3n) is 1.75. The lowest BCUT2D eigenvalue weighted by Gasteiger charge is -2.24. The van der Waals surface area contributed by atoms with Gasteiger partial charge in [0.1, 0.15) is 0 Å². The van der Waals surface area contributed by atoms with E-state index in [-0.39, 0.29) is 0 Å². The first kappa shape index (κ1) is 10.5. The van der Waals surface area contributed by atoms with Crippen molar-refractivity contribution < 1.29 is 0 Å². The zero-order valence-electron chi connectivity index (χ0n) is 8.14. The Kier molecular flexibility index (Phi) is 7.33. The topological polar surface area (TPSA) is 3.24 Å². The molecule has 1 aliphatic rings. The smallest absolute Gasteiger partial charge is 0.0172 e. The van der Waals surface area contributed by atoms with E-state index < -0.39 is 0 Å². The number of hydrogen-bond donors (Lipinski definition) is 0. The van der Waals surface area contributed by atoms with Gasteiger partial charge in [0.25, 0.3) is 0 Å². The summed E-state index contributed by atoms with van der Waals surface area (Å²) in [4.78, 5) is 2.39. The summed E-state index contributed by atoms with van der Waals surface area (Å²) in [6.45, 7) is 8.61. The lowest BCUT2D eigenvalue weighted by molar-refractivity contribution is 0.309. The molecule has 0 spiro atoms. The fourth-order valence-electron chi connectivity index (χ4n) is 1.28. The second kappa shape index (κ2) is 7.64. The number of hydrogen-bond acceptors (Lipinski definition) is 1. The summed E-state index contributed by atoms with van der Waals surface area (Å²) in [5, 5.41) is 0. The largest absolute Gasteiger partial charge is 0.378 e. The highest BCUT2D eigenvalue weighted by Crippen LogP contribution is 2.07. The molecule has 0 bridgehead atoms. The molecule has 1 fully saturated rings. The minimum absolute atomic E-state index is 1.27. The van der Waals surface area contributed by atoms with E-state index in [0.717, 1.165) is 0 Å². The first-order valence-electron chi connectivity index (χ1n) is 4.80. The minimum Gasteiger partial charge on any atom is -0.378 e. The van der Waals surface area contributed by atoms with Gasteiger partial charge in [0, 0.05) is 13.1 Å². The Morgan fingerprint density at radius 2 is 1.55 bits per heavy atom. The van der Waals surface area contributed by atoms with E-state index in [0.29, 0.717) is 0 Å². The third kappa shape index (κ3) is 4.88. The van der Waals surface area contributed by atoms with Gasteiger partial charge in [-0.2, -0.15) is 0 Å². The lowest BCUT2D eigenvalue weighted by Crippen LogP contribution is -2.23. The maximum atomic E-state index is 2.39. The fourth-order valence-corrected chi connectivity index (χ4v) is 1.28. The van der Waals surface area contributed by atoms with Crippen LogP contribution in [0.1, 0.15) is 40.0 Å². The predicted octanol–water partition coefficient (Wildman–Crippen LogP) is 3.03. The van der Waals surface area contributed by atoms with Crippen molar-refractivity contribution in [3.8, 4) is 0 Å². The summed E-state index contributed by atoms with van der Waals surface area (Å²) < 4.78 is 0. The van der Waals surface area contributed by atoms with Gasteiger partial charge in [-0.3, -0.25) is 0 Å². The van der Waals surface area contributed by atoms with Crippen molar-refractivity contribution in [2.24, 2.45) is 0 Å². The molecule has 0 amide bonds. The Balaban J connectivity index is 0.000000461. The maximum Gasteiger partial charge on any atom is 0.0172 e. The highest BCUT2D eigenvalue weighted by atomic mass is 15.1. The van der Waals surface area contributed by atoms with Gasteiger partial charge < -0.3 is 4.90 Å². The molecule has 0 aromatic heterocycles. The average Bonchev–Trinajstić information content (AvgIpc) is 2.11. The van der Waals surface area contributed by atoms with E-state index in [1.807, 2.05) is 13.8 Å². The Bertz CT molecular complexity index is 91.0. The molecule has 1 rings (SSSR count). The molecular weight excluding hydrogens is 134 g/mol. The van der Waals surface area contributed by atoms with Crippen LogP contribution in [-0.4, -0.2) is 18.0 Å². The second-order valence-corrected chi connectivity index (χ2v) is 2.58. The second-order valence-electron chi connectivity index (χ2n) is 2.58. The molecule has 0 aromatic rings. The van der Waals surface area contributed by atoms with Gasteiger partial charge in [0.15, 0.2) is 0 Å². The quantitative estimate of drug-likeness (QED) is 0.562. The summed E-state index contributed by atoms with van der Waals surface area (Å²) in [6, 6.07) is 0. The van der Waals surface area contributed by atoms with Gasteiger partial charge in [-0.05, 0) is 32.4 Å². The number of nitrogens with zero attached hydrogens (tertiary/aromatic N) is 1. The standard InChI is InChI=1S/C8H15N.C2H6/c1-2-6-9-7-4-3-5-8-9;1-2/h2,6H,3-5,7-8H2,1H3;1-2H3/b6-2+;. The Labute approximate surface area is 71.1 Å². The normalized spacial score (nSPS) is 17.9. The Morgan fingerprint density at radius 1 is 1.00 bits per heavy atom. The first-order valence-corrected chi connectivity index (χ1v) is 4.80. The van der Waals surface area contributed by atoms with Crippen molar-refractivity contribution in [2.45, 2.75) is 40.0 Å². The van der Waals surface area contributed by atoms with E-state index >= 15 is 0 Å². The lowest BCUT2D eigenvalue weighted by atomic mass is 10.1. The van der Waals surface area contributed by atoms with Crippen molar-refractivity contribution >= 4 is 0 Å². The van der Waals surface area contributed by atoms with Gasteiger partial charge in [-0.15, -0.1) is 0 Å². The molecular formula is C10H21N. The highest BCUT2D eigenvalue weighted by Gasteiger charge is 2.03. The number of rotatable bonds is 1. The van der Waals surface area contributed by atoms with E-state index in [1.165, 1.54) is 32.4 Å². The van der Waals surface area contributed by atoms with Crippen molar-refractivity contribution in [1.82, 2.24) is 4.90 Å². The molecule has 1 saturated heterocycles. The molecule has 1 heteroatoms. The highest BCUT2D eigenvalue weighted by molar-refractivity contribution is 4.80. The van der Waals surface area contributed by atoms with Crippen LogP contribution in [0.5, 0.6) is 0 Å². The zero-order chi connectivity index (χ0) is 8.53. The van der Waals surface area contributed by atoms with Crippen LogP contribution in [0, 0.1) is 0 Å². The Hall–Kier alpha value is -0.460. The molecule has 0 radical (unpaired) electrons. The average molecular weight is 155 g/mol. The molecule has 1 aliphatic heterocycles. The van der Waals surface area contributed by atoms with Crippen LogP contribution in [0.25, 0.3) is 0 Å². The predicted molar refractivity (Wildman–Crippen MR) is 51.6 cm³/mol. The van der Waals surface area contributed by atoms with E-state index in [2.05, 4.69) is 24.1 Å². The number of allylic oxidation sites excluding steroid dienone is 1. The fraction of sp³-hybridized carbons (Fsp3) is 0.800. The van der Waals surface area contributed by atoms with Crippen LogP contribution in [0.4, 0.5) is 0 Å². The van der Waals surface area contributed by atoms with Crippen LogP contribution in [0.15, 0.2) is 12.3 Å². The van der Waals surface area contributed by atoms with Gasteiger partial charge in [-0.1, -0.05) is 19.9 Å². The van der Waals surface area contributed by atoms with E-state index in [1.54, 1.807) is 0 Å². The van der Waals surface area contributed by atoms with Gasteiger partial charge in [0.2, 0.25) is 0 Å². The maximum absolute atomic E-state index is 2.39. The van der Waals surface area contributed by atoms with Gasteiger partial charge >= 0.3 is 0 Å². The molecule has 0 N–H and O–H groups in total. The van der Waals surface area contributed by atoms with Crippen molar-refractivity contribution in [1.29, 1.82) is 0 Å². The molecule has 0 unspecified atom stereocenters. The summed E-state index contributed by atoms with van der Waals surface area (Å²) in [5.41, 5.74) is 0. The molecule has 1 heterocycles. The van der Waals surface area contributed by atoms with Crippen LogP contribution in [0.3, 0.4) is 0 Å². The summed E-state index contributed by atoms with van der Waals surface area (Å²) in [7, 11) is 0. The molecule has 0 aromatic carbocycles. The van der Waals surface area contributed by atoms with Gasteiger partial charge in [0.05, 0.1) is 0 Å². The van der Waals surface area contributed by atoms with Crippen molar-refractivity contribution in [3.05, 3.63) is 12.3 Å². The summed E-state index contributed by atoms with van der Waals surface area (Å²) in [6.07, 6.45) is 8.49. The monoisotopic (exact) mass is 155 g/mol. The molecule has 0 atom stereocenters. The summed E-state index contributed by atoms with van der Waals surface area (Å²) >= 11 is 0. The third-order valence-corrected chi connectivity index (χ3v) is 1.75. The minimum atomic E-state index is 1.27. The zero-order valence-corrected chi connectivity index (χ0v) is 8.14. The first-order chi connectivity index (χ1) is 5.43. The summed E-state index contributed by atoms with van der Waals surface area (Å²) in [5.74, 6) is 0. The van der Waals surface area contributed by atoms with Crippen LogP contribution >= 0.6 is 0 Å². The molecule has 66 valence electrons. The number of likely N-dealkylation sites (tertiary alicyclic amines) is 1. The van der Waals surface area contributed by atoms with Gasteiger partial charge in [-0.25, -0.2) is 0 Å². The molecule has 1 nitrogen and oxygen atoms in total. The van der Waals surface area contributed by atoms with E-state index in [4.69, 9.17) is 0 Å². The molecule has 0 saturated carbocycles. The number of piperidine rings is 1. The Morgan fingerprint density at radius 3 is 2.00 bits per heavy atom.